The van der Waals surface area contributed by atoms with E-state index < -0.39 is 71.1 Å². The molecular formula is C33H39ClN2O11S. The molecule has 15 heteroatoms. The zero-order chi connectivity index (χ0) is 35.6. The van der Waals surface area contributed by atoms with Gasteiger partial charge in [0.15, 0.2) is 12.2 Å². The van der Waals surface area contributed by atoms with Gasteiger partial charge < -0.3 is 34.3 Å². The number of halogens is 1. The van der Waals surface area contributed by atoms with Gasteiger partial charge in [0.25, 0.3) is 0 Å². The summed E-state index contributed by atoms with van der Waals surface area (Å²) >= 11 is 6.91. The number of carbonyl (C=O) groups is 6. The standard InChI is InChI=1S/C33H39ClN2O11S/c1-18-7-13-25(14-8-18)48-33(32(42)43-6)16-26(44-20(3)38)29(36-19(2)37)31(47-33)30(46-22(5)40)27(45-21(4)39)17-35-28(41)15-23-9-11-24(34)12-10-23/h7-14,26-27,29-31H,15-17H2,1-6H3,(H,35,41)(H,36,37)/t26-,27+,29+,30+,31+,33+/m0/s1. The van der Waals surface area contributed by atoms with Crippen molar-refractivity contribution in [1.82, 2.24) is 10.6 Å². The van der Waals surface area contributed by atoms with Gasteiger partial charge in [0.1, 0.15) is 12.2 Å². The van der Waals surface area contributed by atoms with Crippen molar-refractivity contribution in [2.24, 2.45) is 0 Å². The van der Waals surface area contributed by atoms with Crippen molar-refractivity contribution in [2.45, 2.75) is 87.7 Å². The Hall–Kier alpha value is -4.14. The first-order valence-corrected chi connectivity index (χ1v) is 16.1. The molecule has 2 aromatic carbocycles. The minimum Gasteiger partial charge on any atom is -0.466 e. The van der Waals surface area contributed by atoms with E-state index >= 15 is 0 Å². The number of methoxy groups -OCH3 is 1. The first-order chi connectivity index (χ1) is 22.6. The van der Waals surface area contributed by atoms with E-state index in [4.69, 9.17) is 35.3 Å². The molecule has 0 aromatic heterocycles. The summed E-state index contributed by atoms with van der Waals surface area (Å²) in [6.45, 7) is 6.11. The van der Waals surface area contributed by atoms with E-state index in [2.05, 4.69) is 10.6 Å². The van der Waals surface area contributed by atoms with Crippen LogP contribution < -0.4 is 10.6 Å². The molecule has 1 fully saturated rings. The van der Waals surface area contributed by atoms with E-state index in [1.807, 2.05) is 19.1 Å². The van der Waals surface area contributed by atoms with Gasteiger partial charge in [0.05, 0.1) is 26.1 Å². The van der Waals surface area contributed by atoms with E-state index in [-0.39, 0.29) is 19.4 Å². The van der Waals surface area contributed by atoms with Crippen LogP contribution in [-0.4, -0.2) is 84.7 Å². The molecule has 1 aliphatic heterocycles. The molecule has 0 radical (unpaired) electrons. The number of hydrogen-bond donors (Lipinski definition) is 2. The van der Waals surface area contributed by atoms with Crippen LogP contribution in [0, 0.1) is 6.92 Å². The van der Waals surface area contributed by atoms with E-state index in [1.54, 1.807) is 36.4 Å². The Kier molecular flexibility index (Phi) is 13.8. The summed E-state index contributed by atoms with van der Waals surface area (Å²) in [6.07, 6.45) is -6.02. The summed E-state index contributed by atoms with van der Waals surface area (Å²) < 4.78 is 28.6. The molecule has 1 aliphatic rings. The zero-order valence-corrected chi connectivity index (χ0v) is 29.0. The minimum absolute atomic E-state index is 0.0518. The zero-order valence-electron chi connectivity index (χ0n) is 27.4. The van der Waals surface area contributed by atoms with Crippen molar-refractivity contribution in [1.29, 1.82) is 0 Å². The SMILES string of the molecule is COC(=O)[C@]1(Sc2ccc(C)cc2)C[C@H](OC(C)=O)[C@@H](NC(C)=O)[C@H]([C@H](OC(C)=O)[C@@H](CNC(=O)Cc2ccc(Cl)cc2)OC(C)=O)O1. The number of thioether (sulfide) groups is 1. The summed E-state index contributed by atoms with van der Waals surface area (Å²) in [5, 5.41) is 5.86. The van der Waals surface area contributed by atoms with Gasteiger partial charge in [-0.1, -0.05) is 53.2 Å². The van der Waals surface area contributed by atoms with Gasteiger partial charge >= 0.3 is 23.9 Å². The van der Waals surface area contributed by atoms with Crippen LogP contribution in [0.5, 0.6) is 0 Å². The maximum Gasteiger partial charge on any atom is 0.349 e. The highest BCUT2D eigenvalue weighted by molar-refractivity contribution is 8.01. The summed E-state index contributed by atoms with van der Waals surface area (Å²) in [4.78, 5) is 75.0. The minimum atomic E-state index is -1.92. The molecular weight excluding hydrogens is 668 g/mol. The molecule has 0 unspecified atom stereocenters. The van der Waals surface area contributed by atoms with Crippen LogP contribution in [0.2, 0.25) is 5.02 Å². The predicted molar refractivity (Wildman–Crippen MR) is 174 cm³/mol. The third kappa shape index (κ3) is 11.0. The van der Waals surface area contributed by atoms with Crippen molar-refractivity contribution in [3.05, 3.63) is 64.7 Å². The number of ether oxygens (including phenoxy) is 5. The molecule has 1 saturated heterocycles. The number of esters is 4. The van der Waals surface area contributed by atoms with Crippen LogP contribution in [-0.2, 0) is 58.9 Å². The lowest BCUT2D eigenvalue weighted by molar-refractivity contribution is -0.220. The highest BCUT2D eigenvalue weighted by Crippen LogP contribution is 2.46. The number of carbonyl (C=O) groups excluding carboxylic acids is 6. The lowest BCUT2D eigenvalue weighted by Gasteiger charge is -2.48. The Labute approximate surface area is 287 Å². The van der Waals surface area contributed by atoms with Crippen LogP contribution >= 0.6 is 23.4 Å². The number of hydrogen-bond acceptors (Lipinski definition) is 12. The lowest BCUT2D eigenvalue weighted by Crippen LogP contribution is -2.68. The largest absolute Gasteiger partial charge is 0.466 e. The summed E-state index contributed by atoms with van der Waals surface area (Å²) in [7, 11) is 1.15. The summed E-state index contributed by atoms with van der Waals surface area (Å²) in [5.74, 6) is -4.25. The first-order valence-electron chi connectivity index (χ1n) is 14.9. The highest BCUT2D eigenvalue weighted by atomic mass is 35.5. The highest BCUT2D eigenvalue weighted by Gasteiger charge is 2.58. The average molecular weight is 707 g/mol. The van der Waals surface area contributed by atoms with Crippen LogP contribution in [0.4, 0.5) is 0 Å². The molecule has 13 nitrogen and oxygen atoms in total. The third-order valence-electron chi connectivity index (χ3n) is 7.13. The van der Waals surface area contributed by atoms with Crippen molar-refractivity contribution in [3.8, 4) is 0 Å². The number of benzene rings is 2. The van der Waals surface area contributed by atoms with Crippen LogP contribution in [0.1, 0.15) is 45.2 Å². The Morgan fingerprint density at radius 2 is 1.56 bits per heavy atom. The fraction of sp³-hybridized carbons (Fsp3) is 0.455. The number of rotatable bonds is 13. The molecule has 0 bridgehead atoms. The molecule has 2 amide bonds. The van der Waals surface area contributed by atoms with Gasteiger partial charge in [-0.15, -0.1) is 0 Å². The second kappa shape index (κ2) is 17.3. The molecule has 0 spiro atoms. The summed E-state index contributed by atoms with van der Waals surface area (Å²) in [6, 6.07) is 12.5. The van der Waals surface area contributed by atoms with Crippen LogP contribution in [0.25, 0.3) is 0 Å². The Bertz CT molecular complexity index is 1490. The van der Waals surface area contributed by atoms with Gasteiger partial charge in [0, 0.05) is 44.0 Å². The molecule has 48 heavy (non-hydrogen) atoms. The molecule has 2 N–H and O–H groups in total. The Balaban J connectivity index is 2.11. The van der Waals surface area contributed by atoms with Gasteiger partial charge in [-0.2, -0.15) is 0 Å². The van der Waals surface area contributed by atoms with Crippen molar-refractivity contribution in [2.75, 3.05) is 13.7 Å². The molecule has 0 aliphatic carbocycles. The quantitative estimate of drug-likeness (QED) is 0.231. The second-order valence-corrected chi connectivity index (χ2v) is 12.9. The van der Waals surface area contributed by atoms with E-state index in [1.165, 1.54) is 6.92 Å². The van der Waals surface area contributed by atoms with Gasteiger partial charge in [-0.3, -0.25) is 24.0 Å². The maximum absolute atomic E-state index is 13.6. The second-order valence-electron chi connectivity index (χ2n) is 11.1. The van der Waals surface area contributed by atoms with Gasteiger partial charge in [-0.05, 0) is 36.8 Å². The fourth-order valence-electron chi connectivity index (χ4n) is 5.19. The topological polar surface area (TPSA) is 173 Å². The molecule has 1 heterocycles. The third-order valence-corrected chi connectivity index (χ3v) is 8.65. The molecule has 2 aromatic rings. The average Bonchev–Trinajstić information content (AvgIpc) is 3.00. The molecule has 3 rings (SSSR count). The van der Waals surface area contributed by atoms with E-state index in [0.29, 0.717) is 15.5 Å². The van der Waals surface area contributed by atoms with Crippen molar-refractivity contribution >= 4 is 59.1 Å². The molecule has 6 atom stereocenters. The predicted octanol–water partition coefficient (Wildman–Crippen LogP) is 3.06. The lowest BCUT2D eigenvalue weighted by atomic mass is 9.89. The maximum atomic E-state index is 13.6. The summed E-state index contributed by atoms with van der Waals surface area (Å²) in [5.41, 5.74) is 1.61. The monoisotopic (exact) mass is 706 g/mol. The Morgan fingerprint density at radius 3 is 2.10 bits per heavy atom. The van der Waals surface area contributed by atoms with Crippen molar-refractivity contribution < 1.29 is 52.5 Å². The molecule has 0 saturated carbocycles. The van der Waals surface area contributed by atoms with Gasteiger partial charge in [0.2, 0.25) is 16.7 Å². The number of nitrogens with one attached hydrogen (secondary N) is 2. The van der Waals surface area contributed by atoms with E-state index in [9.17, 15) is 28.8 Å². The fourth-order valence-corrected chi connectivity index (χ4v) is 6.55. The van der Waals surface area contributed by atoms with Gasteiger partial charge in [-0.25, -0.2) is 4.79 Å². The van der Waals surface area contributed by atoms with E-state index in [0.717, 1.165) is 45.2 Å². The van der Waals surface area contributed by atoms with Crippen LogP contribution in [0.15, 0.2) is 53.4 Å². The normalized spacial score (nSPS) is 21.5. The smallest absolute Gasteiger partial charge is 0.349 e. The number of amides is 2. The van der Waals surface area contributed by atoms with Crippen molar-refractivity contribution in [3.63, 3.8) is 0 Å². The Morgan fingerprint density at radius 1 is 0.938 bits per heavy atom. The number of aryl methyl sites for hydroxylation is 1. The molecule has 260 valence electrons. The first kappa shape index (κ1) is 38.3. The van der Waals surface area contributed by atoms with Crippen LogP contribution in [0.3, 0.4) is 0 Å².